The Morgan fingerprint density at radius 2 is 2.12 bits per heavy atom. The van der Waals surface area contributed by atoms with E-state index < -0.39 is 0 Å². The van der Waals surface area contributed by atoms with Crippen molar-refractivity contribution in [3.63, 3.8) is 0 Å². The second-order valence-electron chi connectivity index (χ2n) is 6.59. The lowest BCUT2D eigenvalue weighted by atomic mass is 10.1. The van der Waals surface area contributed by atoms with E-state index in [1.54, 1.807) is 18.5 Å². The Balaban J connectivity index is 1.64. The molecule has 6 nitrogen and oxygen atoms in total. The first-order chi connectivity index (χ1) is 11.7. The fourth-order valence-corrected chi connectivity index (χ4v) is 3.27. The maximum absolute atomic E-state index is 13.6. The SMILES string of the molecule is CN1Cc2cc(F)ccc2-n2cnc(-c3nc(C4CC4)no3)c2C1. The van der Waals surface area contributed by atoms with Crippen LogP contribution in [0.5, 0.6) is 0 Å². The summed E-state index contributed by atoms with van der Waals surface area (Å²) < 4.78 is 21.0. The van der Waals surface area contributed by atoms with E-state index in [0.29, 0.717) is 30.6 Å². The molecule has 1 aliphatic carbocycles. The van der Waals surface area contributed by atoms with Gasteiger partial charge < -0.3 is 9.09 Å². The molecule has 2 aliphatic rings. The standard InChI is InChI=1S/C17H16FN5O/c1-22-7-11-6-12(18)4-5-13(11)23-9-19-15(14(23)8-22)17-20-16(21-24-17)10-2-3-10/h4-6,9-10H,2-3,7-8H2,1H3. The van der Waals surface area contributed by atoms with E-state index in [9.17, 15) is 4.39 Å². The van der Waals surface area contributed by atoms with Gasteiger partial charge in [-0.1, -0.05) is 5.16 Å². The van der Waals surface area contributed by atoms with E-state index in [1.807, 2.05) is 11.6 Å². The van der Waals surface area contributed by atoms with Crippen LogP contribution in [-0.4, -0.2) is 31.6 Å². The summed E-state index contributed by atoms with van der Waals surface area (Å²) in [5.41, 5.74) is 3.56. The molecule has 0 spiro atoms. The normalized spacial score (nSPS) is 17.4. The van der Waals surface area contributed by atoms with Crippen LogP contribution in [0.25, 0.3) is 17.3 Å². The molecule has 3 aromatic rings. The molecule has 0 N–H and O–H groups in total. The van der Waals surface area contributed by atoms with Crippen molar-refractivity contribution in [2.24, 2.45) is 0 Å². The Morgan fingerprint density at radius 3 is 2.96 bits per heavy atom. The fraction of sp³-hybridized carbons (Fsp3) is 0.353. The molecule has 24 heavy (non-hydrogen) atoms. The average Bonchev–Trinajstić information content (AvgIpc) is 3.18. The molecule has 1 aliphatic heterocycles. The highest BCUT2D eigenvalue weighted by atomic mass is 19.1. The summed E-state index contributed by atoms with van der Waals surface area (Å²) in [6.07, 6.45) is 4.01. The predicted molar refractivity (Wildman–Crippen MR) is 84.0 cm³/mol. The molecule has 7 heteroatoms. The van der Waals surface area contributed by atoms with Gasteiger partial charge in [0, 0.05) is 19.0 Å². The molecule has 2 aromatic heterocycles. The monoisotopic (exact) mass is 325 g/mol. The van der Waals surface area contributed by atoms with Gasteiger partial charge >= 0.3 is 0 Å². The number of benzene rings is 1. The second-order valence-corrected chi connectivity index (χ2v) is 6.59. The Kier molecular flexibility index (Phi) is 2.87. The van der Waals surface area contributed by atoms with Gasteiger partial charge in [-0.2, -0.15) is 4.98 Å². The lowest BCUT2D eigenvalue weighted by molar-refractivity contribution is 0.319. The van der Waals surface area contributed by atoms with Gasteiger partial charge in [-0.25, -0.2) is 9.37 Å². The van der Waals surface area contributed by atoms with E-state index in [-0.39, 0.29) is 5.82 Å². The number of halogens is 1. The summed E-state index contributed by atoms with van der Waals surface area (Å²) in [7, 11) is 2.00. The van der Waals surface area contributed by atoms with Gasteiger partial charge in [-0.05, 0) is 43.7 Å². The molecular formula is C17H16FN5O. The summed E-state index contributed by atoms with van der Waals surface area (Å²) in [6.45, 7) is 1.35. The lowest BCUT2D eigenvalue weighted by Crippen LogP contribution is -2.16. The third-order valence-corrected chi connectivity index (χ3v) is 4.61. The van der Waals surface area contributed by atoms with E-state index in [2.05, 4.69) is 20.0 Å². The maximum atomic E-state index is 13.6. The van der Waals surface area contributed by atoms with Gasteiger partial charge in [0.2, 0.25) is 0 Å². The minimum Gasteiger partial charge on any atom is -0.332 e. The smallest absolute Gasteiger partial charge is 0.278 e. The summed E-state index contributed by atoms with van der Waals surface area (Å²) in [5, 5.41) is 4.08. The van der Waals surface area contributed by atoms with Gasteiger partial charge in [-0.15, -0.1) is 0 Å². The van der Waals surface area contributed by atoms with Gasteiger partial charge in [0.25, 0.3) is 5.89 Å². The number of fused-ring (bicyclic) bond motifs is 3. The molecule has 0 unspecified atom stereocenters. The zero-order chi connectivity index (χ0) is 16.3. The van der Waals surface area contributed by atoms with E-state index >= 15 is 0 Å². The highest BCUT2D eigenvalue weighted by Crippen LogP contribution is 2.39. The van der Waals surface area contributed by atoms with Crippen LogP contribution in [0.4, 0.5) is 4.39 Å². The van der Waals surface area contributed by atoms with Gasteiger partial charge in [0.05, 0.1) is 11.4 Å². The van der Waals surface area contributed by atoms with Crippen LogP contribution in [-0.2, 0) is 13.1 Å². The molecule has 122 valence electrons. The Labute approximate surface area is 137 Å². The molecule has 3 heterocycles. The van der Waals surface area contributed by atoms with Crippen molar-refractivity contribution in [3.8, 4) is 17.3 Å². The lowest BCUT2D eigenvalue weighted by Gasteiger charge is -2.13. The maximum Gasteiger partial charge on any atom is 0.278 e. The average molecular weight is 325 g/mol. The molecule has 1 fully saturated rings. The minimum absolute atomic E-state index is 0.225. The fourth-order valence-electron chi connectivity index (χ4n) is 3.27. The number of nitrogens with zero attached hydrogens (tertiary/aromatic N) is 5. The third-order valence-electron chi connectivity index (χ3n) is 4.61. The Hall–Kier alpha value is -2.54. The van der Waals surface area contributed by atoms with Crippen LogP contribution in [0.15, 0.2) is 29.0 Å². The van der Waals surface area contributed by atoms with Crippen molar-refractivity contribution in [1.82, 2.24) is 24.6 Å². The quantitative estimate of drug-likeness (QED) is 0.725. The van der Waals surface area contributed by atoms with Crippen molar-refractivity contribution >= 4 is 0 Å². The third kappa shape index (κ3) is 2.16. The first-order valence-electron chi connectivity index (χ1n) is 8.06. The number of hydrogen-bond acceptors (Lipinski definition) is 5. The van der Waals surface area contributed by atoms with Crippen LogP contribution in [0.2, 0.25) is 0 Å². The second kappa shape index (κ2) is 4.98. The van der Waals surface area contributed by atoms with Crippen LogP contribution in [0.1, 0.15) is 35.8 Å². The first kappa shape index (κ1) is 13.9. The molecule has 0 bridgehead atoms. The molecule has 1 aromatic carbocycles. The van der Waals surface area contributed by atoms with E-state index in [4.69, 9.17) is 4.52 Å². The summed E-state index contributed by atoms with van der Waals surface area (Å²) in [4.78, 5) is 11.1. The zero-order valence-corrected chi connectivity index (χ0v) is 13.2. The van der Waals surface area contributed by atoms with Crippen molar-refractivity contribution < 1.29 is 8.91 Å². The Bertz CT molecular complexity index is 927. The van der Waals surface area contributed by atoms with Gasteiger partial charge in [-0.3, -0.25) is 4.90 Å². The molecule has 0 atom stereocenters. The van der Waals surface area contributed by atoms with Crippen LogP contribution in [0.3, 0.4) is 0 Å². The Morgan fingerprint density at radius 1 is 1.25 bits per heavy atom. The van der Waals surface area contributed by atoms with Gasteiger partial charge in [0.15, 0.2) is 11.5 Å². The summed E-state index contributed by atoms with van der Waals surface area (Å²) >= 11 is 0. The van der Waals surface area contributed by atoms with Crippen molar-refractivity contribution in [1.29, 1.82) is 0 Å². The number of rotatable bonds is 2. The molecule has 0 radical (unpaired) electrons. The number of hydrogen-bond donors (Lipinski definition) is 0. The summed E-state index contributed by atoms with van der Waals surface area (Å²) in [5.74, 6) is 1.45. The van der Waals surface area contributed by atoms with Crippen LogP contribution in [0, 0.1) is 5.82 Å². The molecule has 0 amide bonds. The topological polar surface area (TPSA) is 60.0 Å². The largest absolute Gasteiger partial charge is 0.332 e. The summed E-state index contributed by atoms with van der Waals surface area (Å²) in [6, 6.07) is 4.85. The molecule has 1 saturated carbocycles. The molecule has 5 rings (SSSR count). The van der Waals surface area contributed by atoms with Crippen molar-refractivity contribution in [2.45, 2.75) is 31.8 Å². The van der Waals surface area contributed by atoms with Crippen molar-refractivity contribution in [2.75, 3.05) is 7.05 Å². The molecular weight excluding hydrogens is 309 g/mol. The van der Waals surface area contributed by atoms with E-state index in [0.717, 1.165) is 35.6 Å². The highest BCUT2D eigenvalue weighted by Gasteiger charge is 2.30. The minimum atomic E-state index is -0.225. The molecule has 0 saturated heterocycles. The van der Waals surface area contributed by atoms with Crippen LogP contribution < -0.4 is 0 Å². The van der Waals surface area contributed by atoms with E-state index in [1.165, 1.54) is 6.07 Å². The van der Waals surface area contributed by atoms with Crippen LogP contribution >= 0.6 is 0 Å². The van der Waals surface area contributed by atoms with Crippen molar-refractivity contribution in [3.05, 3.63) is 47.4 Å². The predicted octanol–water partition coefficient (Wildman–Crippen LogP) is 2.88. The number of imidazole rings is 1. The first-order valence-corrected chi connectivity index (χ1v) is 8.06. The number of aromatic nitrogens is 4. The zero-order valence-electron chi connectivity index (χ0n) is 13.2. The highest BCUT2D eigenvalue weighted by molar-refractivity contribution is 5.55. The van der Waals surface area contributed by atoms with Gasteiger partial charge in [0.1, 0.15) is 12.1 Å².